The third-order valence-electron chi connectivity index (χ3n) is 3.37. The quantitative estimate of drug-likeness (QED) is 0.836. The van der Waals surface area contributed by atoms with Crippen molar-refractivity contribution in [2.24, 2.45) is 0 Å². The third kappa shape index (κ3) is 3.33. The van der Waals surface area contributed by atoms with E-state index in [-0.39, 0.29) is 18.4 Å². The molecule has 0 unspecified atom stereocenters. The fourth-order valence-corrected chi connectivity index (χ4v) is 3.04. The molecule has 0 spiro atoms. The topological polar surface area (TPSA) is 40.6 Å². The van der Waals surface area contributed by atoms with Crippen LogP contribution in [0, 0.1) is 0 Å². The lowest BCUT2D eigenvalue weighted by Crippen LogP contribution is -2.44. The van der Waals surface area contributed by atoms with E-state index in [0.29, 0.717) is 5.75 Å². The van der Waals surface area contributed by atoms with Crippen LogP contribution < -0.4 is 4.90 Å². The zero-order valence-corrected chi connectivity index (χ0v) is 12.8. The van der Waals surface area contributed by atoms with Gasteiger partial charge in [0.1, 0.15) is 6.54 Å². The summed E-state index contributed by atoms with van der Waals surface area (Å²) in [5, 5.41) is 0. The number of hydrogen-bond acceptors (Lipinski definition) is 3. The van der Waals surface area contributed by atoms with Gasteiger partial charge in [0.25, 0.3) is 0 Å². The second kappa shape index (κ2) is 6.79. The Morgan fingerprint density at radius 3 is 2.90 bits per heavy atom. The molecule has 0 fully saturated rings. The first kappa shape index (κ1) is 14.9. The van der Waals surface area contributed by atoms with E-state index in [0.717, 1.165) is 30.0 Å². The van der Waals surface area contributed by atoms with Crippen molar-refractivity contribution in [3.63, 3.8) is 0 Å². The summed E-state index contributed by atoms with van der Waals surface area (Å²) in [5.41, 5.74) is 0.853. The molecule has 1 aromatic carbocycles. The summed E-state index contributed by atoms with van der Waals surface area (Å²) < 4.78 is 0. The standard InChI is InChI=1S/C15H20N2O2S/c1-3-4-9-16(2)14(18)10-17-12-7-5-6-8-13(12)20-11-15(17)19/h5-8H,3-4,9-11H2,1-2H3. The molecule has 0 aromatic heterocycles. The van der Waals surface area contributed by atoms with Crippen molar-refractivity contribution in [3.05, 3.63) is 24.3 Å². The van der Waals surface area contributed by atoms with Crippen LogP contribution in [0.25, 0.3) is 0 Å². The van der Waals surface area contributed by atoms with E-state index in [2.05, 4.69) is 6.92 Å². The number of nitrogens with zero attached hydrogens (tertiary/aromatic N) is 2. The zero-order valence-electron chi connectivity index (χ0n) is 12.0. The summed E-state index contributed by atoms with van der Waals surface area (Å²) in [6, 6.07) is 7.74. The normalized spacial score (nSPS) is 14.1. The molecule has 108 valence electrons. The molecule has 1 aliphatic heterocycles. The van der Waals surface area contributed by atoms with Gasteiger partial charge in [-0.25, -0.2) is 0 Å². The highest BCUT2D eigenvalue weighted by atomic mass is 32.2. The van der Waals surface area contributed by atoms with Crippen molar-refractivity contribution < 1.29 is 9.59 Å². The first-order chi connectivity index (χ1) is 9.63. The minimum absolute atomic E-state index is 0.00550. The predicted octanol–water partition coefficient (Wildman–Crippen LogP) is 2.38. The number of amides is 2. The molecule has 1 aliphatic rings. The van der Waals surface area contributed by atoms with Crippen LogP contribution in [-0.2, 0) is 9.59 Å². The van der Waals surface area contributed by atoms with Crippen LogP contribution in [0.4, 0.5) is 5.69 Å². The number of fused-ring (bicyclic) bond motifs is 1. The van der Waals surface area contributed by atoms with E-state index in [1.165, 1.54) is 11.8 Å². The van der Waals surface area contributed by atoms with Gasteiger partial charge in [-0.05, 0) is 18.6 Å². The number of benzene rings is 1. The summed E-state index contributed by atoms with van der Waals surface area (Å²) in [7, 11) is 1.80. The van der Waals surface area contributed by atoms with Gasteiger partial charge in [-0.3, -0.25) is 9.59 Å². The SMILES string of the molecule is CCCCN(C)C(=O)CN1C(=O)CSc2ccccc21. The number of carbonyl (C=O) groups is 2. The van der Waals surface area contributed by atoms with E-state index >= 15 is 0 Å². The molecule has 0 bridgehead atoms. The third-order valence-corrected chi connectivity index (χ3v) is 4.42. The fourth-order valence-electron chi connectivity index (χ4n) is 2.10. The second-order valence-corrected chi connectivity index (χ2v) is 5.92. The Hall–Kier alpha value is -1.49. The lowest BCUT2D eigenvalue weighted by Gasteiger charge is -2.30. The number of rotatable bonds is 5. The van der Waals surface area contributed by atoms with Crippen LogP contribution in [0.5, 0.6) is 0 Å². The number of anilines is 1. The highest BCUT2D eigenvalue weighted by Gasteiger charge is 2.26. The fraction of sp³-hybridized carbons (Fsp3) is 0.467. The van der Waals surface area contributed by atoms with E-state index < -0.39 is 0 Å². The van der Waals surface area contributed by atoms with Gasteiger partial charge in [0.15, 0.2) is 0 Å². The highest BCUT2D eigenvalue weighted by Crippen LogP contribution is 2.34. The van der Waals surface area contributed by atoms with Crippen LogP contribution in [-0.4, -0.2) is 42.6 Å². The molecule has 2 amide bonds. The minimum Gasteiger partial charge on any atom is -0.344 e. The van der Waals surface area contributed by atoms with E-state index in [1.54, 1.807) is 16.8 Å². The van der Waals surface area contributed by atoms with Crippen LogP contribution >= 0.6 is 11.8 Å². The molecule has 20 heavy (non-hydrogen) atoms. The van der Waals surface area contributed by atoms with E-state index in [9.17, 15) is 9.59 Å². The molecule has 0 aliphatic carbocycles. The molecule has 0 atom stereocenters. The molecule has 2 rings (SSSR count). The van der Waals surface area contributed by atoms with Crippen molar-refractivity contribution in [1.29, 1.82) is 0 Å². The van der Waals surface area contributed by atoms with Gasteiger partial charge in [0.2, 0.25) is 11.8 Å². The molecule has 5 heteroatoms. The van der Waals surface area contributed by atoms with Gasteiger partial charge in [0, 0.05) is 18.5 Å². The first-order valence-electron chi connectivity index (χ1n) is 6.89. The molecule has 4 nitrogen and oxygen atoms in total. The summed E-state index contributed by atoms with van der Waals surface area (Å²) >= 11 is 1.53. The maximum Gasteiger partial charge on any atom is 0.242 e. The second-order valence-electron chi connectivity index (χ2n) is 4.91. The number of likely N-dealkylation sites (N-methyl/N-ethyl adjacent to an activating group) is 1. The van der Waals surface area contributed by atoms with Crippen molar-refractivity contribution in [2.75, 3.05) is 30.8 Å². The van der Waals surface area contributed by atoms with Gasteiger partial charge in [-0.1, -0.05) is 25.5 Å². The zero-order chi connectivity index (χ0) is 14.5. The molecular weight excluding hydrogens is 272 g/mol. The van der Waals surface area contributed by atoms with E-state index in [4.69, 9.17) is 0 Å². The van der Waals surface area contributed by atoms with Crippen molar-refractivity contribution in [3.8, 4) is 0 Å². The van der Waals surface area contributed by atoms with Gasteiger partial charge < -0.3 is 9.80 Å². The largest absolute Gasteiger partial charge is 0.344 e. The molecule has 0 N–H and O–H groups in total. The van der Waals surface area contributed by atoms with E-state index in [1.807, 2.05) is 24.3 Å². The van der Waals surface area contributed by atoms with Crippen molar-refractivity contribution in [1.82, 2.24) is 4.90 Å². The van der Waals surface area contributed by atoms with Crippen molar-refractivity contribution >= 4 is 29.3 Å². The van der Waals surface area contributed by atoms with Crippen molar-refractivity contribution in [2.45, 2.75) is 24.7 Å². The molecule has 1 aromatic rings. The van der Waals surface area contributed by atoms with Gasteiger partial charge in [0.05, 0.1) is 11.4 Å². The molecule has 0 radical (unpaired) electrons. The summed E-state index contributed by atoms with van der Waals surface area (Å²) in [6.07, 6.45) is 2.04. The van der Waals surface area contributed by atoms with Crippen LogP contribution in [0.3, 0.4) is 0 Å². The van der Waals surface area contributed by atoms with Crippen LogP contribution in [0.2, 0.25) is 0 Å². The van der Waals surface area contributed by atoms with Crippen LogP contribution in [0.15, 0.2) is 29.2 Å². The number of thioether (sulfide) groups is 1. The van der Waals surface area contributed by atoms with Gasteiger partial charge >= 0.3 is 0 Å². The molecule has 1 heterocycles. The number of unbranched alkanes of at least 4 members (excludes halogenated alkanes) is 1. The average molecular weight is 292 g/mol. The number of carbonyl (C=O) groups excluding carboxylic acids is 2. The maximum atomic E-state index is 12.2. The average Bonchev–Trinajstić information content (AvgIpc) is 2.47. The lowest BCUT2D eigenvalue weighted by molar-refractivity contribution is -0.130. The predicted molar refractivity (Wildman–Crippen MR) is 82.1 cm³/mol. The molecule has 0 saturated carbocycles. The Kier molecular flexibility index (Phi) is 5.06. The van der Waals surface area contributed by atoms with Crippen LogP contribution in [0.1, 0.15) is 19.8 Å². The minimum atomic E-state index is -0.00602. The summed E-state index contributed by atoms with van der Waals surface area (Å²) in [4.78, 5) is 28.6. The number of hydrogen-bond donors (Lipinski definition) is 0. The molecule has 0 saturated heterocycles. The lowest BCUT2D eigenvalue weighted by atomic mass is 10.2. The number of para-hydroxylation sites is 1. The Morgan fingerprint density at radius 1 is 1.40 bits per heavy atom. The monoisotopic (exact) mass is 292 g/mol. The summed E-state index contributed by atoms with van der Waals surface area (Å²) in [5.74, 6) is 0.405. The highest BCUT2D eigenvalue weighted by molar-refractivity contribution is 8.00. The molecular formula is C15H20N2O2S. The smallest absolute Gasteiger partial charge is 0.242 e. The van der Waals surface area contributed by atoms with Gasteiger partial charge in [-0.15, -0.1) is 11.8 Å². The summed E-state index contributed by atoms with van der Waals surface area (Å²) in [6.45, 7) is 2.98. The Morgan fingerprint density at radius 2 is 2.15 bits per heavy atom. The Balaban J connectivity index is 2.08. The Bertz CT molecular complexity index is 504. The van der Waals surface area contributed by atoms with Gasteiger partial charge in [-0.2, -0.15) is 0 Å². The Labute approximate surface area is 124 Å². The first-order valence-corrected chi connectivity index (χ1v) is 7.88. The maximum absolute atomic E-state index is 12.2.